The third-order valence-corrected chi connectivity index (χ3v) is 5.04. The average molecular weight is 279 g/mol. The number of likely N-dealkylation sites (N-methyl/N-ethyl adjacent to an activating group) is 1. The summed E-state index contributed by atoms with van der Waals surface area (Å²) in [4.78, 5) is 2.15. The Hall–Kier alpha value is -0.930. The molecule has 0 radical (unpaired) electrons. The van der Waals surface area contributed by atoms with Crippen LogP contribution in [0.15, 0.2) is 18.2 Å². The molecule has 1 fully saturated rings. The third-order valence-electron chi connectivity index (χ3n) is 5.04. The molecule has 0 amide bonds. The first-order chi connectivity index (χ1) is 9.36. The normalized spacial score (nSPS) is 28.6. The molecule has 0 spiro atoms. The first kappa shape index (κ1) is 15.5. The van der Waals surface area contributed by atoms with Crippen molar-refractivity contribution in [3.8, 4) is 0 Å². The van der Waals surface area contributed by atoms with Gasteiger partial charge >= 0.3 is 0 Å². The van der Waals surface area contributed by atoms with Crippen LogP contribution in [0.2, 0.25) is 0 Å². The van der Waals surface area contributed by atoms with Gasteiger partial charge in [0.1, 0.15) is 5.82 Å². The minimum Gasteiger partial charge on any atom is -0.386 e. The van der Waals surface area contributed by atoms with Gasteiger partial charge in [-0.3, -0.25) is 0 Å². The van der Waals surface area contributed by atoms with Gasteiger partial charge in [-0.1, -0.05) is 19.1 Å². The lowest BCUT2D eigenvalue weighted by Crippen LogP contribution is -2.51. The van der Waals surface area contributed by atoms with Crippen molar-refractivity contribution in [1.82, 2.24) is 4.90 Å². The van der Waals surface area contributed by atoms with Crippen LogP contribution in [0.3, 0.4) is 0 Å². The van der Waals surface area contributed by atoms with E-state index in [4.69, 9.17) is 0 Å². The number of benzene rings is 1. The molecular formula is C17H26FNO. The molecule has 0 bridgehead atoms. The molecule has 0 aliphatic heterocycles. The van der Waals surface area contributed by atoms with Crippen molar-refractivity contribution in [3.05, 3.63) is 35.1 Å². The van der Waals surface area contributed by atoms with Crippen molar-refractivity contribution in [2.24, 2.45) is 5.92 Å². The Morgan fingerprint density at radius 2 is 1.90 bits per heavy atom. The standard InChI is InChI=1S/C17H26FNO/c1-12-7-9-17(10-8-12,19(3)4)16(20)14-5-6-15(18)13(2)11-14/h5-6,11-12,16,20H,7-10H2,1-4H3. The van der Waals surface area contributed by atoms with E-state index in [1.54, 1.807) is 19.1 Å². The first-order valence-corrected chi connectivity index (χ1v) is 7.48. The molecule has 20 heavy (non-hydrogen) atoms. The van der Waals surface area contributed by atoms with E-state index in [1.165, 1.54) is 6.07 Å². The van der Waals surface area contributed by atoms with E-state index in [0.29, 0.717) is 5.56 Å². The Kier molecular flexibility index (Phi) is 4.50. The maximum atomic E-state index is 13.4. The first-order valence-electron chi connectivity index (χ1n) is 7.48. The van der Waals surface area contributed by atoms with E-state index in [0.717, 1.165) is 37.2 Å². The predicted octanol–water partition coefficient (Wildman–Crippen LogP) is 3.68. The zero-order valence-corrected chi connectivity index (χ0v) is 13.0. The highest BCUT2D eigenvalue weighted by Crippen LogP contribution is 2.43. The summed E-state index contributed by atoms with van der Waals surface area (Å²) in [7, 11) is 4.07. The van der Waals surface area contributed by atoms with Crippen LogP contribution < -0.4 is 0 Å². The highest BCUT2D eigenvalue weighted by atomic mass is 19.1. The summed E-state index contributed by atoms with van der Waals surface area (Å²) in [5, 5.41) is 10.9. The van der Waals surface area contributed by atoms with Crippen LogP contribution in [0.25, 0.3) is 0 Å². The van der Waals surface area contributed by atoms with Crippen LogP contribution in [-0.4, -0.2) is 29.6 Å². The van der Waals surface area contributed by atoms with E-state index in [1.807, 2.05) is 14.1 Å². The molecule has 3 heteroatoms. The fourth-order valence-electron chi connectivity index (χ4n) is 3.38. The summed E-state index contributed by atoms with van der Waals surface area (Å²) in [6.07, 6.45) is 3.67. The monoisotopic (exact) mass is 279 g/mol. The lowest BCUT2D eigenvalue weighted by atomic mass is 9.71. The fraction of sp³-hybridized carbons (Fsp3) is 0.647. The smallest absolute Gasteiger partial charge is 0.126 e. The largest absolute Gasteiger partial charge is 0.386 e. The molecule has 0 aromatic heterocycles. The highest BCUT2D eigenvalue weighted by molar-refractivity contribution is 5.28. The van der Waals surface area contributed by atoms with E-state index < -0.39 is 6.10 Å². The fourth-order valence-corrected chi connectivity index (χ4v) is 3.38. The molecular weight excluding hydrogens is 253 g/mol. The molecule has 112 valence electrons. The maximum absolute atomic E-state index is 13.4. The number of halogens is 1. The maximum Gasteiger partial charge on any atom is 0.126 e. The van der Waals surface area contributed by atoms with E-state index >= 15 is 0 Å². The Morgan fingerprint density at radius 1 is 1.30 bits per heavy atom. The number of hydrogen-bond acceptors (Lipinski definition) is 2. The Labute approximate surface area is 121 Å². The summed E-state index contributed by atoms with van der Waals surface area (Å²) in [5.74, 6) is 0.516. The van der Waals surface area contributed by atoms with Crippen molar-refractivity contribution in [2.45, 2.75) is 51.2 Å². The Balaban J connectivity index is 2.31. The Bertz CT molecular complexity index is 464. The summed E-state index contributed by atoms with van der Waals surface area (Å²) < 4.78 is 13.4. The van der Waals surface area contributed by atoms with Gasteiger partial charge in [-0.25, -0.2) is 4.39 Å². The van der Waals surface area contributed by atoms with Crippen LogP contribution in [-0.2, 0) is 0 Å². The molecule has 2 nitrogen and oxygen atoms in total. The number of aliphatic hydroxyl groups is 1. The zero-order chi connectivity index (χ0) is 14.9. The molecule has 1 atom stereocenters. The van der Waals surface area contributed by atoms with Crippen LogP contribution >= 0.6 is 0 Å². The van der Waals surface area contributed by atoms with Crippen LogP contribution in [0, 0.1) is 18.7 Å². The van der Waals surface area contributed by atoms with E-state index in [2.05, 4.69) is 11.8 Å². The molecule has 1 aromatic rings. The number of hydrogen-bond donors (Lipinski definition) is 1. The Morgan fingerprint density at radius 3 is 2.40 bits per heavy atom. The van der Waals surface area contributed by atoms with Gasteiger partial charge in [-0.15, -0.1) is 0 Å². The van der Waals surface area contributed by atoms with E-state index in [9.17, 15) is 9.50 Å². The van der Waals surface area contributed by atoms with Crippen molar-refractivity contribution >= 4 is 0 Å². The second-order valence-electron chi connectivity index (χ2n) is 6.59. The SMILES string of the molecule is Cc1cc(C(O)C2(N(C)C)CCC(C)CC2)ccc1F. The number of rotatable bonds is 3. The van der Waals surface area contributed by atoms with Crippen molar-refractivity contribution in [3.63, 3.8) is 0 Å². The third kappa shape index (κ3) is 2.75. The summed E-state index contributed by atoms with van der Waals surface area (Å²) in [6, 6.07) is 4.96. The minimum atomic E-state index is -0.565. The van der Waals surface area contributed by atoms with Gasteiger partial charge in [0.2, 0.25) is 0 Å². The predicted molar refractivity (Wildman–Crippen MR) is 80.1 cm³/mol. The topological polar surface area (TPSA) is 23.5 Å². The highest BCUT2D eigenvalue weighted by Gasteiger charge is 2.43. The molecule has 0 saturated heterocycles. The van der Waals surface area contributed by atoms with Crippen LogP contribution in [0.5, 0.6) is 0 Å². The van der Waals surface area contributed by atoms with Crippen molar-refractivity contribution < 1.29 is 9.50 Å². The van der Waals surface area contributed by atoms with Crippen molar-refractivity contribution in [2.75, 3.05) is 14.1 Å². The molecule has 1 N–H and O–H groups in total. The number of aryl methyl sites for hydroxylation is 1. The molecule has 2 rings (SSSR count). The van der Waals surface area contributed by atoms with Crippen molar-refractivity contribution in [1.29, 1.82) is 0 Å². The zero-order valence-electron chi connectivity index (χ0n) is 13.0. The van der Waals surface area contributed by atoms with Gasteiger partial charge in [0.05, 0.1) is 11.6 Å². The molecule has 1 aromatic carbocycles. The van der Waals surface area contributed by atoms with Gasteiger partial charge in [0.25, 0.3) is 0 Å². The molecule has 1 aliphatic rings. The second kappa shape index (κ2) is 5.82. The minimum absolute atomic E-state index is 0.211. The van der Waals surface area contributed by atoms with E-state index in [-0.39, 0.29) is 11.4 Å². The lowest BCUT2D eigenvalue weighted by Gasteiger charge is -2.47. The molecule has 1 aliphatic carbocycles. The summed E-state index contributed by atoms with van der Waals surface area (Å²) in [5.41, 5.74) is 1.20. The van der Waals surface area contributed by atoms with Crippen LogP contribution in [0.4, 0.5) is 4.39 Å². The van der Waals surface area contributed by atoms with Gasteiger partial charge < -0.3 is 10.0 Å². The average Bonchev–Trinajstić information content (AvgIpc) is 2.42. The molecule has 1 saturated carbocycles. The molecule has 1 unspecified atom stereocenters. The quantitative estimate of drug-likeness (QED) is 0.912. The van der Waals surface area contributed by atoms with Gasteiger partial charge in [-0.2, -0.15) is 0 Å². The van der Waals surface area contributed by atoms with Gasteiger partial charge in [-0.05, 0) is 69.8 Å². The summed E-state index contributed by atoms with van der Waals surface area (Å²) in [6.45, 7) is 4.02. The van der Waals surface area contributed by atoms with Gasteiger partial charge in [0.15, 0.2) is 0 Å². The number of nitrogens with zero attached hydrogens (tertiary/aromatic N) is 1. The summed E-state index contributed by atoms with van der Waals surface area (Å²) >= 11 is 0. The lowest BCUT2D eigenvalue weighted by molar-refractivity contribution is -0.0408. The van der Waals surface area contributed by atoms with Gasteiger partial charge in [0, 0.05) is 0 Å². The second-order valence-corrected chi connectivity index (χ2v) is 6.59. The molecule has 0 heterocycles. The van der Waals surface area contributed by atoms with Crippen LogP contribution in [0.1, 0.15) is 49.8 Å². The number of aliphatic hydroxyl groups excluding tert-OH is 1.